The van der Waals surface area contributed by atoms with Crippen LogP contribution in [-0.4, -0.2) is 11.9 Å². The molecule has 0 spiro atoms. The van der Waals surface area contributed by atoms with Crippen LogP contribution in [0, 0.1) is 29.5 Å². The molecule has 0 aromatic heterocycles. The predicted octanol–water partition coefficient (Wildman–Crippen LogP) is 1.94. The zero-order valence-corrected chi connectivity index (χ0v) is 12.7. The first-order valence-corrected chi connectivity index (χ1v) is 7.73. The van der Waals surface area contributed by atoms with Crippen molar-refractivity contribution in [3.8, 4) is 0 Å². The first-order valence-electron chi connectivity index (χ1n) is 6.94. The van der Waals surface area contributed by atoms with E-state index < -0.39 is 29.5 Å². The molecule has 0 heterocycles. The lowest BCUT2D eigenvalue weighted by Crippen LogP contribution is -2.44. The number of carboxylic acids is 1. The lowest BCUT2D eigenvalue weighted by Gasteiger charge is -2.30. The number of benzene rings is 1. The molecule has 2 aliphatic carbocycles. The number of fused-ring (bicyclic) bond motifs is 2. The molecule has 4 atom stereocenters. The molecule has 4 nitrogen and oxygen atoms in total. The maximum atomic E-state index is 13.8. The van der Waals surface area contributed by atoms with Gasteiger partial charge in [0.2, 0.25) is 5.91 Å². The molecular formula is C15H14BrFNO3-. The van der Waals surface area contributed by atoms with Gasteiger partial charge in [-0.15, -0.1) is 0 Å². The van der Waals surface area contributed by atoms with Crippen LogP contribution in [0.25, 0.3) is 0 Å². The SMILES string of the molecule is O=C([O-])[C@H]1[C@H]2CC[C@@H](C2)[C@@H]1C(=O)Nc1ccc(Br)cc1F. The van der Waals surface area contributed by atoms with Crippen LogP contribution in [0.15, 0.2) is 22.7 Å². The average Bonchev–Trinajstić information content (AvgIpc) is 3.02. The third-order valence-corrected chi connectivity index (χ3v) is 5.17. The van der Waals surface area contributed by atoms with Crippen molar-refractivity contribution in [2.75, 3.05) is 5.32 Å². The summed E-state index contributed by atoms with van der Waals surface area (Å²) in [5.41, 5.74) is 0.0723. The lowest BCUT2D eigenvalue weighted by molar-refractivity contribution is -0.314. The third kappa shape index (κ3) is 2.57. The molecule has 1 N–H and O–H groups in total. The fraction of sp³-hybridized carbons (Fsp3) is 0.467. The molecule has 0 aliphatic heterocycles. The Hall–Kier alpha value is -1.43. The zero-order chi connectivity index (χ0) is 15.1. The van der Waals surface area contributed by atoms with E-state index in [1.165, 1.54) is 12.1 Å². The first-order chi connectivity index (χ1) is 9.97. The molecule has 2 bridgehead atoms. The van der Waals surface area contributed by atoms with E-state index in [1.54, 1.807) is 6.07 Å². The molecular weight excluding hydrogens is 341 g/mol. The van der Waals surface area contributed by atoms with Crippen LogP contribution in [0.4, 0.5) is 10.1 Å². The van der Waals surface area contributed by atoms with Crippen LogP contribution in [0.5, 0.6) is 0 Å². The van der Waals surface area contributed by atoms with E-state index in [0.29, 0.717) is 4.47 Å². The number of carbonyl (C=O) groups excluding carboxylic acids is 2. The van der Waals surface area contributed by atoms with Crippen LogP contribution in [-0.2, 0) is 9.59 Å². The standard InChI is InChI=1S/C15H15BrFNO3/c16-9-3-4-11(10(17)6-9)18-14(19)12-7-1-2-8(5-7)13(12)15(20)21/h3-4,6-8,12-13H,1-2,5H2,(H,18,19)(H,20,21)/p-1/t7-,8-,12-,13-/m0/s1. The smallest absolute Gasteiger partial charge is 0.228 e. The van der Waals surface area contributed by atoms with Gasteiger partial charge in [0.25, 0.3) is 0 Å². The van der Waals surface area contributed by atoms with Gasteiger partial charge in [-0.2, -0.15) is 0 Å². The van der Waals surface area contributed by atoms with E-state index in [2.05, 4.69) is 21.2 Å². The van der Waals surface area contributed by atoms with Gasteiger partial charge >= 0.3 is 0 Å². The summed E-state index contributed by atoms with van der Waals surface area (Å²) in [6.45, 7) is 0. The Bertz CT molecular complexity index is 607. The van der Waals surface area contributed by atoms with E-state index in [4.69, 9.17) is 0 Å². The number of carboxylic acid groups (broad SMARTS) is 1. The molecule has 2 saturated carbocycles. The normalized spacial score (nSPS) is 30.4. The van der Waals surface area contributed by atoms with Gasteiger partial charge in [0, 0.05) is 22.3 Å². The molecule has 0 unspecified atom stereocenters. The van der Waals surface area contributed by atoms with Gasteiger partial charge in [-0.1, -0.05) is 15.9 Å². The van der Waals surface area contributed by atoms with Crippen molar-refractivity contribution in [1.82, 2.24) is 0 Å². The number of carbonyl (C=O) groups is 2. The summed E-state index contributed by atoms with van der Waals surface area (Å²) in [5.74, 6) is -3.41. The van der Waals surface area contributed by atoms with E-state index >= 15 is 0 Å². The summed E-state index contributed by atoms with van der Waals surface area (Å²) in [5, 5.41) is 13.8. The van der Waals surface area contributed by atoms with Gasteiger partial charge in [0.15, 0.2) is 0 Å². The summed E-state index contributed by atoms with van der Waals surface area (Å²) in [4.78, 5) is 23.7. The topological polar surface area (TPSA) is 69.2 Å². The predicted molar refractivity (Wildman–Crippen MR) is 75.5 cm³/mol. The van der Waals surface area contributed by atoms with Crippen molar-refractivity contribution in [3.63, 3.8) is 0 Å². The number of nitrogens with one attached hydrogen (secondary N) is 1. The molecule has 3 rings (SSSR count). The summed E-state index contributed by atoms with van der Waals surface area (Å²) in [7, 11) is 0. The molecule has 1 aromatic carbocycles. The number of halogens is 2. The van der Waals surface area contributed by atoms with Crippen LogP contribution in [0.2, 0.25) is 0 Å². The Balaban J connectivity index is 1.80. The first kappa shape index (κ1) is 14.5. The Morgan fingerprint density at radius 2 is 1.90 bits per heavy atom. The molecule has 6 heteroatoms. The van der Waals surface area contributed by atoms with Crippen molar-refractivity contribution in [3.05, 3.63) is 28.5 Å². The van der Waals surface area contributed by atoms with Crippen molar-refractivity contribution in [2.24, 2.45) is 23.7 Å². The fourth-order valence-corrected chi connectivity index (χ4v) is 4.15. The Kier molecular flexibility index (Phi) is 3.73. The second kappa shape index (κ2) is 5.40. The van der Waals surface area contributed by atoms with Crippen LogP contribution >= 0.6 is 15.9 Å². The zero-order valence-electron chi connectivity index (χ0n) is 11.1. The van der Waals surface area contributed by atoms with E-state index in [-0.39, 0.29) is 17.5 Å². The number of hydrogen-bond acceptors (Lipinski definition) is 3. The summed E-state index contributed by atoms with van der Waals surface area (Å²) in [6.07, 6.45) is 2.44. The molecule has 0 radical (unpaired) electrons. The molecule has 1 aromatic rings. The van der Waals surface area contributed by atoms with Crippen molar-refractivity contribution in [1.29, 1.82) is 0 Å². The second-order valence-electron chi connectivity index (χ2n) is 5.82. The van der Waals surface area contributed by atoms with Crippen molar-refractivity contribution >= 4 is 33.5 Å². The van der Waals surface area contributed by atoms with Crippen LogP contribution in [0.1, 0.15) is 19.3 Å². The summed E-state index contributed by atoms with van der Waals surface area (Å²) < 4.78 is 14.3. The van der Waals surface area contributed by atoms with Gasteiger partial charge in [-0.25, -0.2) is 4.39 Å². The largest absolute Gasteiger partial charge is 0.550 e. The third-order valence-electron chi connectivity index (χ3n) is 4.68. The summed E-state index contributed by atoms with van der Waals surface area (Å²) >= 11 is 3.15. The number of anilines is 1. The Morgan fingerprint density at radius 1 is 1.24 bits per heavy atom. The van der Waals surface area contributed by atoms with Gasteiger partial charge < -0.3 is 15.2 Å². The van der Waals surface area contributed by atoms with Crippen molar-refractivity contribution in [2.45, 2.75) is 19.3 Å². The molecule has 112 valence electrons. The molecule has 1 amide bonds. The highest BCUT2D eigenvalue weighted by Crippen LogP contribution is 2.52. The maximum absolute atomic E-state index is 13.8. The molecule has 2 fully saturated rings. The van der Waals surface area contributed by atoms with E-state index in [1.807, 2.05) is 0 Å². The van der Waals surface area contributed by atoms with Crippen LogP contribution in [0.3, 0.4) is 0 Å². The second-order valence-corrected chi connectivity index (χ2v) is 6.73. The minimum Gasteiger partial charge on any atom is -0.550 e. The minimum atomic E-state index is -1.17. The molecule has 21 heavy (non-hydrogen) atoms. The highest BCUT2D eigenvalue weighted by molar-refractivity contribution is 9.10. The highest BCUT2D eigenvalue weighted by atomic mass is 79.9. The molecule has 0 saturated heterocycles. The Labute approximate surface area is 129 Å². The average molecular weight is 355 g/mol. The summed E-state index contributed by atoms with van der Waals surface area (Å²) in [6, 6.07) is 4.33. The lowest BCUT2D eigenvalue weighted by atomic mass is 9.78. The Morgan fingerprint density at radius 3 is 2.52 bits per heavy atom. The van der Waals surface area contributed by atoms with Gasteiger partial charge in [-0.3, -0.25) is 4.79 Å². The number of aliphatic carboxylic acids is 1. The fourth-order valence-electron chi connectivity index (χ4n) is 3.81. The van der Waals surface area contributed by atoms with Crippen molar-refractivity contribution < 1.29 is 19.1 Å². The number of amides is 1. The van der Waals surface area contributed by atoms with E-state index in [9.17, 15) is 19.1 Å². The monoisotopic (exact) mass is 354 g/mol. The number of hydrogen-bond donors (Lipinski definition) is 1. The van der Waals surface area contributed by atoms with Gasteiger partial charge in [0.05, 0.1) is 5.69 Å². The van der Waals surface area contributed by atoms with Crippen LogP contribution < -0.4 is 10.4 Å². The highest BCUT2D eigenvalue weighted by Gasteiger charge is 2.51. The van der Waals surface area contributed by atoms with Gasteiger partial charge in [0.1, 0.15) is 5.82 Å². The maximum Gasteiger partial charge on any atom is 0.228 e. The molecule has 2 aliphatic rings. The minimum absolute atomic E-state index is 0.0190. The quantitative estimate of drug-likeness (QED) is 0.901. The van der Waals surface area contributed by atoms with E-state index in [0.717, 1.165) is 19.3 Å². The van der Waals surface area contributed by atoms with Gasteiger partial charge in [-0.05, 0) is 49.3 Å². The number of rotatable bonds is 3.